The molecule has 2 aliphatic heterocycles. The van der Waals surface area contributed by atoms with E-state index in [0.717, 1.165) is 44.5 Å². The number of rotatable bonds is 6. The van der Waals surface area contributed by atoms with Crippen molar-refractivity contribution in [1.82, 2.24) is 19.6 Å². The van der Waals surface area contributed by atoms with Crippen molar-refractivity contribution in [3.63, 3.8) is 0 Å². The van der Waals surface area contributed by atoms with Gasteiger partial charge in [-0.25, -0.2) is 0 Å². The van der Waals surface area contributed by atoms with Gasteiger partial charge >= 0.3 is 0 Å². The van der Waals surface area contributed by atoms with Crippen LogP contribution in [0.2, 0.25) is 0 Å². The van der Waals surface area contributed by atoms with Crippen molar-refractivity contribution in [3.05, 3.63) is 52.8 Å². The Balaban J connectivity index is 1.35. The van der Waals surface area contributed by atoms with Crippen molar-refractivity contribution in [2.24, 2.45) is 0 Å². The minimum absolute atomic E-state index is 0.0559. The average molecular weight is 423 g/mol. The first kappa shape index (κ1) is 20.7. The zero-order chi connectivity index (χ0) is 21.2. The Morgan fingerprint density at radius 3 is 2.55 bits per heavy atom. The number of fused-ring (bicyclic) bond motifs is 1. The van der Waals surface area contributed by atoms with E-state index in [1.807, 2.05) is 4.90 Å². The van der Waals surface area contributed by atoms with Gasteiger partial charge in [-0.1, -0.05) is 36.8 Å². The van der Waals surface area contributed by atoms with Crippen molar-refractivity contribution in [3.8, 4) is 0 Å². The second-order valence-corrected chi connectivity index (χ2v) is 9.41. The summed E-state index contributed by atoms with van der Waals surface area (Å²) in [5, 5.41) is 14.7. The summed E-state index contributed by atoms with van der Waals surface area (Å²) < 4.78 is 2.13. The van der Waals surface area contributed by atoms with Crippen molar-refractivity contribution in [1.29, 1.82) is 0 Å². The molecule has 1 aromatic heterocycles. The predicted molar refractivity (Wildman–Crippen MR) is 120 cm³/mol. The van der Waals surface area contributed by atoms with E-state index in [4.69, 9.17) is 5.10 Å². The number of carbonyl (C=O) groups is 1. The lowest BCUT2D eigenvalue weighted by Gasteiger charge is -2.40. The van der Waals surface area contributed by atoms with E-state index in [0.29, 0.717) is 37.7 Å². The molecule has 1 saturated heterocycles. The fraction of sp³-hybridized carbons (Fsp3) is 0.600. The van der Waals surface area contributed by atoms with Gasteiger partial charge in [-0.3, -0.25) is 14.4 Å². The first-order chi connectivity index (χ1) is 15.2. The van der Waals surface area contributed by atoms with Gasteiger partial charge in [-0.2, -0.15) is 5.10 Å². The van der Waals surface area contributed by atoms with Gasteiger partial charge in [0.15, 0.2) is 5.69 Å². The van der Waals surface area contributed by atoms with E-state index in [2.05, 4.69) is 39.9 Å². The summed E-state index contributed by atoms with van der Waals surface area (Å²) in [6, 6.07) is 11.3. The SMILES string of the molecule is O=C(c1nn(CCCc2ccccc2)c2c1CN(C1CCC1)CC2)N1CCC(O)CC1. The Bertz CT molecular complexity index is 898. The third-order valence-electron chi connectivity index (χ3n) is 7.39. The van der Waals surface area contributed by atoms with E-state index in [1.54, 1.807) is 0 Å². The van der Waals surface area contributed by atoms with E-state index in [-0.39, 0.29) is 12.0 Å². The van der Waals surface area contributed by atoms with E-state index >= 15 is 0 Å². The zero-order valence-corrected chi connectivity index (χ0v) is 18.4. The number of nitrogens with zero attached hydrogens (tertiary/aromatic N) is 4. The van der Waals surface area contributed by atoms with E-state index < -0.39 is 0 Å². The topological polar surface area (TPSA) is 61.6 Å². The number of aliphatic hydroxyl groups is 1. The Labute approximate surface area is 184 Å². The first-order valence-corrected chi connectivity index (χ1v) is 12.0. The quantitative estimate of drug-likeness (QED) is 0.777. The summed E-state index contributed by atoms with van der Waals surface area (Å²) in [5.41, 5.74) is 4.44. The fourth-order valence-corrected chi connectivity index (χ4v) is 5.23. The molecule has 0 bridgehead atoms. The highest BCUT2D eigenvalue weighted by molar-refractivity contribution is 5.94. The standard InChI is InChI=1S/C25H34N4O2/c30-21-11-15-27(16-12-21)25(31)24-22-18-28(20-9-4-10-20)17-13-23(22)29(26-24)14-5-8-19-6-2-1-3-7-19/h1-3,6-7,20-21,30H,4-5,8-18H2. The van der Waals surface area contributed by atoms with Gasteiger partial charge in [-0.05, 0) is 44.1 Å². The van der Waals surface area contributed by atoms with Crippen molar-refractivity contribution in [2.75, 3.05) is 19.6 Å². The molecule has 3 aliphatic rings. The highest BCUT2D eigenvalue weighted by Gasteiger charge is 2.34. The van der Waals surface area contributed by atoms with E-state index in [9.17, 15) is 9.90 Å². The highest BCUT2D eigenvalue weighted by atomic mass is 16.3. The zero-order valence-electron chi connectivity index (χ0n) is 18.4. The minimum Gasteiger partial charge on any atom is -0.393 e. The normalized spacial score (nSPS) is 20.5. The molecule has 0 spiro atoms. The summed E-state index contributed by atoms with van der Waals surface area (Å²) in [5.74, 6) is 0.0559. The molecular formula is C25H34N4O2. The van der Waals surface area contributed by atoms with Gasteiger partial charge in [0.2, 0.25) is 0 Å². The molecule has 3 heterocycles. The van der Waals surface area contributed by atoms with Gasteiger partial charge < -0.3 is 10.0 Å². The summed E-state index contributed by atoms with van der Waals surface area (Å²) >= 11 is 0. The molecule has 1 amide bonds. The number of hydrogen-bond acceptors (Lipinski definition) is 4. The average Bonchev–Trinajstić information content (AvgIpc) is 3.11. The van der Waals surface area contributed by atoms with Gasteiger partial charge in [0.1, 0.15) is 0 Å². The second kappa shape index (κ2) is 9.13. The number of piperidine rings is 1. The number of amides is 1. The van der Waals surface area contributed by atoms with Crippen LogP contribution in [-0.4, -0.2) is 62.4 Å². The third-order valence-corrected chi connectivity index (χ3v) is 7.39. The summed E-state index contributed by atoms with van der Waals surface area (Å²) in [6.07, 6.45) is 7.99. The molecular weight excluding hydrogens is 388 g/mol. The number of benzene rings is 1. The molecule has 6 heteroatoms. The van der Waals surface area contributed by atoms with E-state index in [1.165, 1.54) is 30.5 Å². The van der Waals surface area contributed by atoms with Gasteiger partial charge in [0.05, 0.1) is 6.10 Å². The molecule has 166 valence electrons. The summed E-state index contributed by atoms with van der Waals surface area (Å²) in [6.45, 7) is 4.04. The molecule has 1 saturated carbocycles. The summed E-state index contributed by atoms with van der Waals surface area (Å²) in [7, 11) is 0. The van der Waals surface area contributed by atoms with Crippen molar-refractivity contribution >= 4 is 5.91 Å². The predicted octanol–water partition coefficient (Wildman–Crippen LogP) is 3.02. The van der Waals surface area contributed by atoms with Gasteiger partial charge in [-0.15, -0.1) is 0 Å². The number of aliphatic hydroxyl groups excluding tert-OH is 1. The molecule has 31 heavy (non-hydrogen) atoms. The van der Waals surface area contributed by atoms with Crippen LogP contribution in [0.5, 0.6) is 0 Å². The van der Waals surface area contributed by atoms with Crippen LogP contribution in [0.1, 0.15) is 65.8 Å². The van der Waals surface area contributed by atoms with Crippen LogP contribution < -0.4 is 0 Å². The Morgan fingerprint density at radius 2 is 1.84 bits per heavy atom. The monoisotopic (exact) mass is 422 g/mol. The van der Waals surface area contributed by atoms with Crippen LogP contribution in [0.15, 0.2) is 30.3 Å². The number of hydrogen-bond donors (Lipinski definition) is 1. The fourth-order valence-electron chi connectivity index (χ4n) is 5.23. The van der Waals surface area contributed by atoms with Crippen LogP contribution in [-0.2, 0) is 25.9 Å². The number of aryl methyl sites for hydroxylation is 2. The van der Waals surface area contributed by atoms with Crippen LogP contribution in [0, 0.1) is 0 Å². The molecule has 1 aromatic carbocycles. The number of likely N-dealkylation sites (tertiary alicyclic amines) is 1. The number of aromatic nitrogens is 2. The molecule has 0 radical (unpaired) electrons. The molecule has 6 nitrogen and oxygen atoms in total. The number of carbonyl (C=O) groups excluding carboxylic acids is 1. The summed E-state index contributed by atoms with van der Waals surface area (Å²) in [4.78, 5) is 17.9. The Morgan fingerprint density at radius 1 is 1.06 bits per heavy atom. The largest absolute Gasteiger partial charge is 0.393 e. The lowest BCUT2D eigenvalue weighted by Crippen LogP contribution is -2.44. The third kappa shape index (κ3) is 4.41. The maximum Gasteiger partial charge on any atom is 0.274 e. The second-order valence-electron chi connectivity index (χ2n) is 9.41. The molecule has 2 fully saturated rings. The molecule has 2 aromatic rings. The van der Waals surface area contributed by atoms with Crippen LogP contribution >= 0.6 is 0 Å². The molecule has 5 rings (SSSR count). The van der Waals surface area contributed by atoms with Gasteiger partial charge in [0, 0.05) is 56.4 Å². The molecule has 0 atom stereocenters. The minimum atomic E-state index is -0.275. The molecule has 1 aliphatic carbocycles. The highest BCUT2D eigenvalue weighted by Crippen LogP contribution is 2.32. The first-order valence-electron chi connectivity index (χ1n) is 12.0. The maximum atomic E-state index is 13.4. The lowest BCUT2D eigenvalue weighted by atomic mass is 9.89. The Kier molecular flexibility index (Phi) is 6.10. The Hall–Kier alpha value is -2.18. The lowest BCUT2D eigenvalue weighted by molar-refractivity contribution is 0.0536. The van der Waals surface area contributed by atoms with Crippen molar-refractivity contribution < 1.29 is 9.90 Å². The van der Waals surface area contributed by atoms with Crippen LogP contribution in [0.25, 0.3) is 0 Å². The smallest absolute Gasteiger partial charge is 0.274 e. The molecule has 0 unspecified atom stereocenters. The van der Waals surface area contributed by atoms with Crippen LogP contribution in [0.3, 0.4) is 0 Å². The molecule has 1 N–H and O–H groups in total. The van der Waals surface area contributed by atoms with Crippen LogP contribution in [0.4, 0.5) is 0 Å². The van der Waals surface area contributed by atoms with Gasteiger partial charge in [0.25, 0.3) is 5.91 Å². The van der Waals surface area contributed by atoms with Crippen molar-refractivity contribution in [2.45, 2.75) is 76.6 Å². The maximum absolute atomic E-state index is 13.4.